The summed E-state index contributed by atoms with van der Waals surface area (Å²) in [5.74, 6) is -0.396. The number of amides is 1. The highest BCUT2D eigenvalue weighted by Gasteiger charge is 2.17. The van der Waals surface area contributed by atoms with Crippen molar-refractivity contribution in [2.75, 3.05) is 5.32 Å². The van der Waals surface area contributed by atoms with Gasteiger partial charge in [-0.15, -0.1) is 0 Å². The number of hydrogen-bond acceptors (Lipinski definition) is 3. The van der Waals surface area contributed by atoms with E-state index in [2.05, 4.69) is 31.4 Å². The number of hydrogen-bond donors (Lipinski definition) is 1. The van der Waals surface area contributed by atoms with Gasteiger partial charge in [-0.1, -0.05) is 35.3 Å². The van der Waals surface area contributed by atoms with E-state index >= 15 is 0 Å². The van der Waals surface area contributed by atoms with Crippen LogP contribution in [0.15, 0.2) is 41.3 Å². The zero-order chi connectivity index (χ0) is 17.3. The van der Waals surface area contributed by atoms with Crippen LogP contribution in [0.1, 0.15) is 16.1 Å². The van der Waals surface area contributed by atoms with Crippen LogP contribution in [0.5, 0.6) is 0 Å². The standard InChI is InChI=1S/C15H12BrCl2N5O/c1-22-7-11(18)13(20-22)15(24)19-12-8-23(21-14(12)16)6-9-2-4-10(17)5-3-9/h2-5,7-8H,6H2,1H3,(H,19,24). The Morgan fingerprint density at radius 1 is 1.21 bits per heavy atom. The Morgan fingerprint density at radius 2 is 1.92 bits per heavy atom. The third-order valence-corrected chi connectivity index (χ3v) is 4.34. The van der Waals surface area contributed by atoms with E-state index < -0.39 is 5.91 Å². The van der Waals surface area contributed by atoms with Crippen LogP contribution in [-0.4, -0.2) is 25.5 Å². The largest absolute Gasteiger partial charge is 0.317 e. The Labute approximate surface area is 156 Å². The lowest BCUT2D eigenvalue weighted by Gasteiger charge is -2.02. The molecular weight excluding hydrogens is 417 g/mol. The van der Waals surface area contributed by atoms with Gasteiger partial charge in [0.25, 0.3) is 5.91 Å². The van der Waals surface area contributed by atoms with Crippen molar-refractivity contribution in [1.29, 1.82) is 0 Å². The molecule has 0 saturated carbocycles. The molecule has 3 rings (SSSR count). The molecule has 2 heterocycles. The number of carbonyl (C=O) groups excluding carboxylic acids is 1. The first-order valence-corrected chi connectivity index (χ1v) is 8.45. The summed E-state index contributed by atoms with van der Waals surface area (Å²) in [6, 6.07) is 7.48. The van der Waals surface area contributed by atoms with Gasteiger partial charge in [0.05, 0.1) is 23.5 Å². The highest BCUT2D eigenvalue weighted by Crippen LogP contribution is 2.23. The first kappa shape index (κ1) is 17.0. The summed E-state index contributed by atoms with van der Waals surface area (Å²) in [4.78, 5) is 12.3. The predicted molar refractivity (Wildman–Crippen MR) is 96.7 cm³/mol. The summed E-state index contributed by atoms with van der Waals surface area (Å²) >= 11 is 15.2. The normalized spacial score (nSPS) is 10.8. The Hall–Kier alpha value is -1.83. The van der Waals surface area contributed by atoms with E-state index in [-0.39, 0.29) is 5.69 Å². The number of rotatable bonds is 4. The van der Waals surface area contributed by atoms with Crippen molar-refractivity contribution in [3.05, 3.63) is 62.6 Å². The highest BCUT2D eigenvalue weighted by atomic mass is 79.9. The lowest BCUT2D eigenvalue weighted by Crippen LogP contribution is -2.13. The molecule has 3 aromatic rings. The number of halogens is 3. The molecule has 1 amide bonds. The minimum Gasteiger partial charge on any atom is -0.317 e. The summed E-state index contributed by atoms with van der Waals surface area (Å²) in [6.45, 7) is 0.552. The van der Waals surface area contributed by atoms with Crippen LogP contribution in [-0.2, 0) is 13.6 Å². The fraction of sp³-hybridized carbons (Fsp3) is 0.133. The van der Waals surface area contributed by atoms with E-state index in [9.17, 15) is 4.79 Å². The minimum absolute atomic E-state index is 0.163. The first-order chi connectivity index (χ1) is 11.4. The summed E-state index contributed by atoms with van der Waals surface area (Å²) < 4.78 is 3.72. The van der Waals surface area contributed by atoms with Crippen molar-refractivity contribution in [1.82, 2.24) is 19.6 Å². The van der Waals surface area contributed by atoms with Gasteiger partial charge in [0.15, 0.2) is 10.3 Å². The van der Waals surface area contributed by atoms with Crippen LogP contribution in [0, 0.1) is 0 Å². The molecule has 0 saturated heterocycles. The Morgan fingerprint density at radius 3 is 2.54 bits per heavy atom. The molecule has 0 fully saturated rings. The number of carbonyl (C=O) groups is 1. The van der Waals surface area contributed by atoms with Gasteiger partial charge in [-0.25, -0.2) is 0 Å². The molecular formula is C15H12BrCl2N5O. The molecule has 9 heteroatoms. The van der Waals surface area contributed by atoms with Gasteiger partial charge in [0.2, 0.25) is 0 Å². The molecule has 0 unspecified atom stereocenters. The first-order valence-electron chi connectivity index (χ1n) is 6.90. The quantitative estimate of drug-likeness (QED) is 0.683. The monoisotopic (exact) mass is 427 g/mol. The lowest BCUT2D eigenvalue weighted by atomic mass is 10.2. The number of nitrogens with one attached hydrogen (secondary N) is 1. The molecule has 0 aliphatic rings. The molecule has 124 valence electrons. The van der Waals surface area contributed by atoms with Crippen LogP contribution >= 0.6 is 39.1 Å². The van der Waals surface area contributed by atoms with E-state index in [0.29, 0.717) is 26.9 Å². The van der Waals surface area contributed by atoms with E-state index in [1.807, 2.05) is 24.3 Å². The topological polar surface area (TPSA) is 64.7 Å². The molecule has 0 radical (unpaired) electrons. The zero-order valence-corrected chi connectivity index (χ0v) is 15.6. The predicted octanol–water partition coefficient (Wildman–Crippen LogP) is 3.99. The molecule has 0 aliphatic carbocycles. The van der Waals surface area contributed by atoms with Crippen molar-refractivity contribution in [3.8, 4) is 0 Å². The number of nitrogens with zero attached hydrogens (tertiary/aromatic N) is 4. The molecule has 24 heavy (non-hydrogen) atoms. The summed E-state index contributed by atoms with van der Waals surface area (Å²) in [6.07, 6.45) is 3.29. The van der Waals surface area contributed by atoms with Crippen molar-refractivity contribution in [2.45, 2.75) is 6.54 Å². The molecule has 0 bridgehead atoms. The van der Waals surface area contributed by atoms with Crippen LogP contribution in [0.4, 0.5) is 5.69 Å². The van der Waals surface area contributed by atoms with Gasteiger partial charge in [-0.05, 0) is 33.6 Å². The van der Waals surface area contributed by atoms with Crippen LogP contribution in [0.2, 0.25) is 10.0 Å². The smallest absolute Gasteiger partial charge is 0.277 e. The number of anilines is 1. The molecule has 0 spiro atoms. The summed E-state index contributed by atoms with van der Waals surface area (Å²) in [5, 5.41) is 12.1. The Bertz CT molecular complexity index is 888. The van der Waals surface area contributed by atoms with Gasteiger partial charge in [-0.3, -0.25) is 14.2 Å². The van der Waals surface area contributed by atoms with Crippen molar-refractivity contribution in [3.63, 3.8) is 0 Å². The second kappa shape index (κ2) is 6.96. The lowest BCUT2D eigenvalue weighted by molar-refractivity contribution is 0.102. The summed E-state index contributed by atoms with van der Waals surface area (Å²) in [7, 11) is 1.70. The third kappa shape index (κ3) is 3.80. The fourth-order valence-corrected chi connectivity index (χ4v) is 2.93. The van der Waals surface area contributed by atoms with Gasteiger partial charge in [0.1, 0.15) is 0 Å². The molecule has 6 nitrogen and oxygen atoms in total. The highest BCUT2D eigenvalue weighted by molar-refractivity contribution is 9.10. The van der Waals surface area contributed by atoms with Crippen LogP contribution in [0.25, 0.3) is 0 Å². The van der Waals surface area contributed by atoms with E-state index in [4.69, 9.17) is 23.2 Å². The number of aromatic nitrogens is 4. The van der Waals surface area contributed by atoms with E-state index in [1.54, 1.807) is 24.1 Å². The number of benzene rings is 1. The maximum absolute atomic E-state index is 12.3. The molecule has 1 N–H and O–H groups in total. The maximum Gasteiger partial charge on any atom is 0.277 e. The Kier molecular flexibility index (Phi) is 4.93. The van der Waals surface area contributed by atoms with Crippen molar-refractivity contribution in [2.24, 2.45) is 7.05 Å². The van der Waals surface area contributed by atoms with Crippen LogP contribution in [0.3, 0.4) is 0 Å². The maximum atomic E-state index is 12.3. The SMILES string of the molecule is Cn1cc(Cl)c(C(=O)Nc2cn(Cc3ccc(Cl)cc3)nc2Br)n1. The molecule has 0 aliphatic heterocycles. The molecule has 2 aromatic heterocycles. The average molecular weight is 429 g/mol. The summed E-state index contributed by atoms with van der Waals surface area (Å²) in [5.41, 5.74) is 1.74. The average Bonchev–Trinajstić information content (AvgIpc) is 3.04. The van der Waals surface area contributed by atoms with Crippen LogP contribution < -0.4 is 5.32 Å². The van der Waals surface area contributed by atoms with Gasteiger partial charge in [0, 0.05) is 18.3 Å². The fourth-order valence-electron chi connectivity index (χ4n) is 2.13. The van der Waals surface area contributed by atoms with Gasteiger partial charge in [-0.2, -0.15) is 10.2 Å². The molecule has 1 aromatic carbocycles. The van der Waals surface area contributed by atoms with Crippen molar-refractivity contribution >= 4 is 50.7 Å². The van der Waals surface area contributed by atoms with Gasteiger partial charge >= 0.3 is 0 Å². The van der Waals surface area contributed by atoms with E-state index in [0.717, 1.165) is 5.56 Å². The van der Waals surface area contributed by atoms with Crippen molar-refractivity contribution < 1.29 is 4.79 Å². The third-order valence-electron chi connectivity index (χ3n) is 3.22. The van der Waals surface area contributed by atoms with E-state index in [1.165, 1.54) is 4.68 Å². The second-order valence-corrected chi connectivity index (χ2v) is 6.71. The number of aryl methyl sites for hydroxylation is 1. The zero-order valence-electron chi connectivity index (χ0n) is 12.5. The molecule has 0 atom stereocenters. The second-order valence-electron chi connectivity index (χ2n) is 5.11. The van der Waals surface area contributed by atoms with Gasteiger partial charge < -0.3 is 5.32 Å². The minimum atomic E-state index is -0.396. The Balaban J connectivity index is 1.75.